The third-order valence-electron chi connectivity index (χ3n) is 4.63. The van der Waals surface area contributed by atoms with E-state index in [0.29, 0.717) is 30.8 Å². The number of morpholine rings is 1. The SMILES string of the molecule is Cc1nnc(CNC(=O)Cn2nnnc2[C@@H](c2ccccc2)N2CCOCC2)o1. The molecule has 4 rings (SSSR count). The Morgan fingerprint density at radius 2 is 1.97 bits per heavy atom. The molecule has 0 spiro atoms. The van der Waals surface area contributed by atoms with Crippen LogP contribution in [0.4, 0.5) is 0 Å². The molecule has 0 radical (unpaired) electrons. The molecular weight excluding hydrogens is 376 g/mol. The van der Waals surface area contributed by atoms with Crippen LogP contribution < -0.4 is 5.32 Å². The number of hydrogen-bond acceptors (Lipinski definition) is 9. The third kappa shape index (κ3) is 4.63. The zero-order valence-corrected chi connectivity index (χ0v) is 16.1. The molecule has 1 fully saturated rings. The van der Waals surface area contributed by atoms with E-state index in [4.69, 9.17) is 9.15 Å². The Hall–Kier alpha value is -3.18. The maximum absolute atomic E-state index is 12.4. The number of aromatic nitrogens is 6. The molecule has 1 atom stereocenters. The number of aryl methyl sites for hydroxylation is 1. The van der Waals surface area contributed by atoms with Crippen molar-refractivity contribution in [1.82, 2.24) is 40.6 Å². The van der Waals surface area contributed by atoms with Crippen molar-refractivity contribution in [2.45, 2.75) is 26.1 Å². The van der Waals surface area contributed by atoms with Crippen LogP contribution in [0.15, 0.2) is 34.7 Å². The first-order valence-electron chi connectivity index (χ1n) is 9.39. The zero-order chi connectivity index (χ0) is 20.1. The molecule has 1 saturated heterocycles. The van der Waals surface area contributed by atoms with E-state index in [-0.39, 0.29) is 25.0 Å². The number of carbonyl (C=O) groups excluding carboxylic acids is 1. The van der Waals surface area contributed by atoms with Gasteiger partial charge in [0.15, 0.2) is 5.82 Å². The van der Waals surface area contributed by atoms with E-state index in [9.17, 15) is 4.79 Å². The van der Waals surface area contributed by atoms with Gasteiger partial charge in [0, 0.05) is 20.0 Å². The van der Waals surface area contributed by atoms with Crippen molar-refractivity contribution in [2.75, 3.05) is 26.3 Å². The Morgan fingerprint density at radius 3 is 2.69 bits per heavy atom. The molecule has 0 saturated carbocycles. The van der Waals surface area contributed by atoms with E-state index in [1.165, 1.54) is 4.68 Å². The lowest BCUT2D eigenvalue weighted by Gasteiger charge is -2.33. The van der Waals surface area contributed by atoms with E-state index in [1.54, 1.807) is 6.92 Å². The highest BCUT2D eigenvalue weighted by Gasteiger charge is 2.29. The summed E-state index contributed by atoms with van der Waals surface area (Å²) in [5.74, 6) is 1.17. The van der Waals surface area contributed by atoms with Gasteiger partial charge in [-0.2, -0.15) is 0 Å². The molecule has 2 aromatic heterocycles. The standard InChI is InChI=1S/C18H22N8O3/c1-13-20-21-16(29-13)11-19-15(27)12-26-18(22-23-24-26)17(14-5-3-2-4-6-14)25-7-9-28-10-8-25/h2-6,17H,7-12H2,1H3,(H,19,27)/t17-/m1/s1. The van der Waals surface area contributed by atoms with Crippen molar-refractivity contribution in [1.29, 1.82) is 0 Å². The Balaban J connectivity index is 1.51. The highest BCUT2D eigenvalue weighted by atomic mass is 16.5. The van der Waals surface area contributed by atoms with Crippen LogP contribution in [0.2, 0.25) is 0 Å². The monoisotopic (exact) mass is 398 g/mol. The van der Waals surface area contributed by atoms with E-state index in [1.807, 2.05) is 30.3 Å². The summed E-state index contributed by atoms with van der Waals surface area (Å²) in [6, 6.07) is 9.84. The van der Waals surface area contributed by atoms with Crippen LogP contribution in [-0.2, 0) is 22.6 Å². The van der Waals surface area contributed by atoms with Crippen LogP contribution in [0.25, 0.3) is 0 Å². The summed E-state index contributed by atoms with van der Waals surface area (Å²) in [6.07, 6.45) is 0. The van der Waals surface area contributed by atoms with Gasteiger partial charge in [0.05, 0.1) is 25.8 Å². The van der Waals surface area contributed by atoms with Gasteiger partial charge in [0.25, 0.3) is 0 Å². The normalized spacial score (nSPS) is 15.9. The van der Waals surface area contributed by atoms with Crippen molar-refractivity contribution < 1.29 is 13.9 Å². The lowest BCUT2D eigenvalue weighted by atomic mass is 10.0. The second kappa shape index (κ2) is 8.88. The maximum atomic E-state index is 12.4. The summed E-state index contributed by atoms with van der Waals surface area (Å²) in [6.45, 7) is 4.65. The molecule has 1 aromatic carbocycles. The lowest BCUT2D eigenvalue weighted by molar-refractivity contribution is -0.122. The average molecular weight is 398 g/mol. The minimum atomic E-state index is -0.247. The van der Waals surface area contributed by atoms with E-state index in [0.717, 1.165) is 18.7 Å². The smallest absolute Gasteiger partial charge is 0.242 e. The zero-order valence-electron chi connectivity index (χ0n) is 16.1. The van der Waals surface area contributed by atoms with Crippen molar-refractivity contribution in [2.24, 2.45) is 0 Å². The van der Waals surface area contributed by atoms with Gasteiger partial charge in [-0.05, 0) is 16.0 Å². The Morgan fingerprint density at radius 1 is 1.17 bits per heavy atom. The number of carbonyl (C=O) groups is 1. The van der Waals surface area contributed by atoms with Gasteiger partial charge in [-0.1, -0.05) is 30.3 Å². The molecule has 29 heavy (non-hydrogen) atoms. The molecular formula is C18H22N8O3. The molecule has 1 amide bonds. The summed E-state index contributed by atoms with van der Waals surface area (Å²) in [5, 5.41) is 22.5. The fourth-order valence-corrected chi connectivity index (χ4v) is 3.29. The van der Waals surface area contributed by atoms with E-state index in [2.05, 4.69) is 35.9 Å². The molecule has 152 valence electrons. The van der Waals surface area contributed by atoms with E-state index >= 15 is 0 Å². The van der Waals surface area contributed by atoms with Crippen molar-refractivity contribution in [3.05, 3.63) is 53.5 Å². The fraction of sp³-hybridized carbons (Fsp3) is 0.444. The van der Waals surface area contributed by atoms with Crippen LogP contribution in [0, 0.1) is 6.92 Å². The molecule has 3 heterocycles. The number of nitrogens with zero attached hydrogens (tertiary/aromatic N) is 7. The van der Waals surface area contributed by atoms with Crippen molar-refractivity contribution in [3.63, 3.8) is 0 Å². The lowest BCUT2D eigenvalue weighted by Crippen LogP contribution is -2.41. The fourth-order valence-electron chi connectivity index (χ4n) is 3.29. The largest absolute Gasteiger partial charge is 0.424 e. The molecule has 0 bridgehead atoms. The highest BCUT2D eigenvalue weighted by molar-refractivity contribution is 5.75. The number of tetrazole rings is 1. The second-order valence-electron chi connectivity index (χ2n) is 6.65. The first kappa shape index (κ1) is 19.2. The highest BCUT2D eigenvalue weighted by Crippen LogP contribution is 2.27. The van der Waals surface area contributed by atoms with Crippen LogP contribution >= 0.6 is 0 Å². The van der Waals surface area contributed by atoms with Gasteiger partial charge in [-0.3, -0.25) is 9.69 Å². The topological polar surface area (TPSA) is 124 Å². The summed E-state index contributed by atoms with van der Waals surface area (Å²) in [5.41, 5.74) is 1.06. The second-order valence-corrected chi connectivity index (χ2v) is 6.65. The Kier molecular flexibility index (Phi) is 5.86. The van der Waals surface area contributed by atoms with Gasteiger partial charge in [0.2, 0.25) is 17.7 Å². The Bertz CT molecular complexity index is 936. The summed E-state index contributed by atoms with van der Waals surface area (Å²) >= 11 is 0. The molecule has 0 aliphatic carbocycles. The predicted octanol–water partition coefficient (Wildman–Crippen LogP) is 0.103. The minimum Gasteiger partial charge on any atom is -0.424 e. The first-order valence-corrected chi connectivity index (χ1v) is 9.39. The summed E-state index contributed by atoms with van der Waals surface area (Å²) < 4.78 is 12.3. The molecule has 0 unspecified atom stereocenters. The number of ether oxygens (including phenoxy) is 1. The quantitative estimate of drug-likeness (QED) is 0.590. The van der Waals surface area contributed by atoms with Crippen LogP contribution in [0.5, 0.6) is 0 Å². The van der Waals surface area contributed by atoms with Crippen LogP contribution in [0.1, 0.15) is 29.2 Å². The molecule has 1 aliphatic rings. The van der Waals surface area contributed by atoms with Gasteiger partial charge >= 0.3 is 0 Å². The first-order chi connectivity index (χ1) is 14.2. The molecule has 11 heteroatoms. The third-order valence-corrected chi connectivity index (χ3v) is 4.63. The van der Waals surface area contributed by atoms with Crippen molar-refractivity contribution in [3.8, 4) is 0 Å². The molecule has 1 aliphatic heterocycles. The van der Waals surface area contributed by atoms with Gasteiger partial charge < -0.3 is 14.5 Å². The van der Waals surface area contributed by atoms with Gasteiger partial charge in [0.1, 0.15) is 6.54 Å². The maximum Gasteiger partial charge on any atom is 0.242 e. The number of amides is 1. The number of hydrogen-bond donors (Lipinski definition) is 1. The minimum absolute atomic E-state index is 0.0108. The average Bonchev–Trinajstić information content (AvgIpc) is 3.37. The van der Waals surface area contributed by atoms with E-state index < -0.39 is 0 Å². The number of rotatable bonds is 7. The number of benzene rings is 1. The number of nitrogens with one attached hydrogen (secondary N) is 1. The molecule has 3 aromatic rings. The summed E-state index contributed by atoms with van der Waals surface area (Å²) in [7, 11) is 0. The van der Waals surface area contributed by atoms with Gasteiger partial charge in [-0.15, -0.1) is 15.3 Å². The predicted molar refractivity (Wildman–Crippen MR) is 99.4 cm³/mol. The summed E-state index contributed by atoms with van der Waals surface area (Å²) in [4.78, 5) is 14.7. The van der Waals surface area contributed by atoms with Crippen LogP contribution in [0.3, 0.4) is 0 Å². The van der Waals surface area contributed by atoms with Crippen molar-refractivity contribution >= 4 is 5.91 Å². The van der Waals surface area contributed by atoms with Crippen LogP contribution in [-0.4, -0.2) is 67.5 Å². The molecule has 11 nitrogen and oxygen atoms in total. The van der Waals surface area contributed by atoms with Gasteiger partial charge in [-0.25, -0.2) is 4.68 Å². The molecule has 1 N–H and O–H groups in total. The Labute approximate surface area is 167 Å².